The lowest BCUT2D eigenvalue weighted by Crippen LogP contribution is -2.33. The summed E-state index contributed by atoms with van der Waals surface area (Å²) in [6.45, 7) is 4.75. The molecule has 2 atom stereocenters. The summed E-state index contributed by atoms with van der Waals surface area (Å²) >= 11 is 0. The Morgan fingerprint density at radius 3 is 2.45 bits per heavy atom. The van der Waals surface area contributed by atoms with Gasteiger partial charge in [-0.3, -0.25) is 4.79 Å². The quantitative estimate of drug-likeness (QED) is 0.771. The van der Waals surface area contributed by atoms with E-state index in [1.54, 1.807) is 0 Å². The largest absolute Gasteiger partial charge is 0.486 e. The van der Waals surface area contributed by atoms with Gasteiger partial charge < -0.3 is 24.1 Å². The fourth-order valence-electron chi connectivity index (χ4n) is 4.36. The van der Waals surface area contributed by atoms with E-state index in [9.17, 15) is 4.79 Å². The summed E-state index contributed by atoms with van der Waals surface area (Å²) in [4.78, 5) is 19.3. The zero-order valence-corrected chi connectivity index (χ0v) is 17.6. The molecule has 3 aliphatic rings. The zero-order chi connectivity index (χ0) is 18.2. The molecule has 1 aromatic carbocycles. The zero-order valence-electron chi connectivity index (χ0n) is 16.0. The number of carbonyl (C=O) groups is 1. The molecule has 0 radical (unpaired) electrons. The van der Waals surface area contributed by atoms with Gasteiger partial charge in [0.05, 0.1) is 0 Å². The Labute approximate surface area is 182 Å². The number of oxazole rings is 1. The molecule has 9 heteroatoms. The first kappa shape index (κ1) is 21.7. The summed E-state index contributed by atoms with van der Waals surface area (Å²) in [7, 11) is 0. The number of fused-ring (bicyclic) bond motifs is 2. The molecular weight excluding hydrogens is 417 g/mol. The summed E-state index contributed by atoms with van der Waals surface area (Å²) < 4.78 is 16.8. The molecule has 2 fully saturated rings. The Kier molecular flexibility index (Phi) is 6.93. The monoisotopic (exact) mass is 441 g/mol. The van der Waals surface area contributed by atoms with E-state index < -0.39 is 0 Å². The van der Waals surface area contributed by atoms with Crippen molar-refractivity contribution < 1.29 is 18.7 Å². The molecular formula is C20H25Cl2N3O4. The number of aromatic nitrogens is 1. The minimum atomic E-state index is -0.0541. The van der Waals surface area contributed by atoms with E-state index in [4.69, 9.17) is 13.9 Å². The molecule has 158 valence electrons. The van der Waals surface area contributed by atoms with Gasteiger partial charge in [-0.15, -0.1) is 24.8 Å². The van der Waals surface area contributed by atoms with Gasteiger partial charge in [-0.2, -0.15) is 0 Å². The predicted molar refractivity (Wildman–Crippen MR) is 112 cm³/mol. The van der Waals surface area contributed by atoms with Gasteiger partial charge >= 0.3 is 0 Å². The maximum atomic E-state index is 13.1. The van der Waals surface area contributed by atoms with Crippen LogP contribution >= 0.6 is 24.8 Å². The van der Waals surface area contributed by atoms with Crippen LogP contribution in [0.1, 0.15) is 23.3 Å². The number of likely N-dealkylation sites (tertiary alicyclic amines) is 1. The van der Waals surface area contributed by atoms with Crippen LogP contribution in [-0.2, 0) is 0 Å². The van der Waals surface area contributed by atoms with Gasteiger partial charge in [0.15, 0.2) is 29.3 Å². The number of benzene rings is 1. The van der Waals surface area contributed by atoms with Crippen molar-refractivity contribution in [3.63, 3.8) is 0 Å². The second kappa shape index (κ2) is 9.24. The first-order valence-electron chi connectivity index (χ1n) is 9.63. The Balaban J connectivity index is 0.00000120. The maximum Gasteiger partial charge on any atom is 0.276 e. The molecule has 1 amide bonds. The van der Waals surface area contributed by atoms with E-state index in [1.165, 1.54) is 6.39 Å². The van der Waals surface area contributed by atoms with E-state index in [2.05, 4.69) is 10.3 Å². The second-order valence-corrected chi connectivity index (χ2v) is 7.44. The SMILES string of the molecule is Cl.Cl.O=C(c1ncoc1-c1ccc2c(c1)OCCO2)N1CC[C@@H]2CNC[C@@H]2CC1. The third kappa shape index (κ3) is 4.17. The summed E-state index contributed by atoms with van der Waals surface area (Å²) in [6.07, 6.45) is 3.43. The fourth-order valence-corrected chi connectivity index (χ4v) is 4.36. The van der Waals surface area contributed by atoms with Gasteiger partial charge in [-0.25, -0.2) is 4.98 Å². The number of nitrogens with zero attached hydrogens (tertiary/aromatic N) is 2. The minimum absolute atomic E-state index is 0. The molecule has 29 heavy (non-hydrogen) atoms. The summed E-state index contributed by atoms with van der Waals surface area (Å²) in [5.74, 6) is 3.17. The van der Waals surface area contributed by atoms with Crippen LogP contribution in [-0.4, -0.2) is 55.2 Å². The van der Waals surface area contributed by atoms with Crippen LogP contribution in [0.25, 0.3) is 11.3 Å². The Bertz CT molecular complexity index is 846. The Hall–Kier alpha value is -1.96. The van der Waals surface area contributed by atoms with Crippen LogP contribution in [0.15, 0.2) is 29.0 Å². The number of halogens is 2. The molecule has 2 aromatic rings. The van der Waals surface area contributed by atoms with Crippen molar-refractivity contribution in [3.8, 4) is 22.8 Å². The normalized spacial score (nSPS) is 22.7. The molecule has 0 bridgehead atoms. The third-order valence-corrected chi connectivity index (χ3v) is 5.88. The van der Waals surface area contributed by atoms with Crippen molar-refractivity contribution >= 4 is 30.7 Å². The lowest BCUT2D eigenvalue weighted by Gasteiger charge is -2.21. The molecule has 5 rings (SSSR count). The fraction of sp³-hybridized carbons (Fsp3) is 0.500. The summed E-state index contributed by atoms with van der Waals surface area (Å²) in [5.41, 5.74) is 1.15. The van der Waals surface area contributed by atoms with E-state index in [0.29, 0.717) is 48.0 Å². The Morgan fingerprint density at radius 2 is 1.72 bits per heavy atom. The number of hydrogen-bond acceptors (Lipinski definition) is 6. The van der Waals surface area contributed by atoms with Crippen LogP contribution in [0.3, 0.4) is 0 Å². The summed E-state index contributed by atoms with van der Waals surface area (Å²) in [5, 5.41) is 3.47. The van der Waals surface area contributed by atoms with Gasteiger partial charge in [0.25, 0.3) is 5.91 Å². The van der Waals surface area contributed by atoms with Gasteiger partial charge in [0, 0.05) is 18.7 Å². The maximum absolute atomic E-state index is 13.1. The predicted octanol–water partition coefficient (Wildman–Crippen LogP) is 3.03. The highest BCUT2D eigenvalue weighted by Gasteiger charge is 2.33. The van der Waals surface area contributed by atoms with Crippen molar-refractivity contribution in [2.75, 3.05) is 39.4 Å². The molecule has 4 heterocycles. The molecule has 0 aliphatic carbocycles. The van der Waals surface area contributed by atoms with Gasteiger partial charge in [-0.1, -0.05) is 0 Å². The van der Waals surface area contributed by atoms with Crippen LogP contribution in [0.5, 0.6) is 11.5 Å². The average Bonchev–Trinajstić information content (AvgIpc) is 3.33. The van der Waals surface area contributed by atoms with Crippen LogP contribution in [0, 0.1) is 11.8 Å². The number of amides is 1. The van der Waals surface area contributed by atoms with Crippen LogP contribution in [0.4, 0.5) is 0 Å². The van der Waals surface area contributed by atoms with Gasteiger partial charge in [-0.05, 0) is 56.0 Å². The van der Waals surface area contributed by atoms with Crippen molar-refractivity contribution in [2.45, 2.75) is 12.8 Å². The topological polar surface area (TPSA) is 76.8 Å². The smallest absolute Gasteiger partial charge is 0.276 e. The number of rotatable bonds is 2. The van der Waals surface area contributed by atoms with E-state index in [-0.39, 0.29) is 30.7 Å². The molecule has 2 saturated heterocycles. The highest BCUT2D eigenvalue weighted by Crippen LogP contribution is 2.36. The highest BCUT2D eigenvalue weighted by molar-refractivity contribution is 5.97. The molecule has 0 saturated carbocycles. The van der Waals surface area contributed by atoms with Crippen molar-refractivity contribution in [1.29, 1.82) is 0 Å². The van der Waals surface area contributed by atoms with E-state index in [1.807, 2.05) is 23.1 Å². The van der Waals surface area contributed by atoms with Crippen molar-refractivity contribution in [2.24, 2.45) is 11.8 Å². The lowest BCUT2D eigenvalue weighted by molar-refractivity contribution is 0.0753. The number of ether oxygens (including phenoxy) is 2. The first-order chi connectivity index (χ1) is 13.3. The minimum Gasteiger partial charge on any atom is -0.486 e. The third-order valence-electron chi connectivity index (χ3n) is 5.88. The number of nitrogens with one attached hydrogen (secondary N) is 1. The molecule has 7 nitrogen and oxygen atoms in total. The van der Waals surface area contributed by atoms with Gasteiger partial charge in [0.2, 0.25) is 0 Å². The average molecular weight is 442 g/mol. The second-order valence-electron chi connectivity index (χ2n) is 7.44. The molecule has 1 aromatic heterocycles. The number of hydrogen-bond donors (Lipinski definition) is 1. The summed E-state index contributed by atoms with van der Waals surface area (Å²) in [6, 6.07) is 5.58. The molecule has 1 N–H and O–H groups in total. The van der Waals surface area contributed by atoms with Crippen LogP contribution < -0.4 is 14.8 Å². The first-order valence-corrected chi connectivity index (χ1v) is 9.63. The highest BCUT2D eigenvalue weighted by atomic mass is 35.5. The standard InChI is InChI=1S/C20H23N3O4.2ClH/c24-20(23-5-3-14-10-21-11-15(14)4-6-23)18-19(27-12-22-18)13-1-2-16-17(9-13)26-8-7-25-16;;/h1-2,9,12,14-15,21H,3-8,10-11H2;2*1H/t14-,15+;;. The van der Waals surface area contributed by atoms with E-state index >= 15 is 0 Å². The van der Waals surface area contributed by atoms with Crippen LogP contribution in [0.2, 0.25) is 0 Å². The molecule has 0 unspecified atom stereocenters. The number of carbonyl (C=O) groups excluding carboxylic acids is 1. The molecule has 0 spiro atoms. The Morgan fingerprint density at radius 1 is 1.03 bits per heavy atom. The lowest BCUT2D eigenvalue weighted by atomic mass is 9.92. The van der Waals surface area contributed by atoms with Gasteiger partial charge in [0.1, 0.15) is 13.2 Å². The van der Waals surface area contributed by atoms with E-state index in [0.717, 1.165) is 44.6 Å². The van der Waals surface area contributed by atoms with Crippen molar-refractivity contribution in [1.82, 2.24) is 15.2 Å². The molecule has 3 aliphatic heterocycles. The van der Waals surface area contributed by atoms with Crippen molar-refractivity contribution in [3.05, 3.63) is 30.3 Å².